The van der Waals surface area contributed by atoms with Gasteiger partial charge in [0.15, 0.2) is 5.13 Å². The van der Waals surface area contributed by atoms with Crippen LogP contribution in [-0.2, 0) is 17.0 Å². The largest absolute Gasteiger partial charge is 0.274 e. The Morgan fingerprint density at radius 2 is 1.96 bits per heavy atom. The zero-order valence-electron chi connectivity index (χ0n) is 15.5. The number of carbonyl (C=O) groups is 1. The van der Waals surface area contributed by atoms with Gasteiger partial charge in [0.2, 0.25) is 5.91 Å². The van der Waals surface area contributed by atoms with Crippen LogP contribution in [0, 0.1) is 0 Å². The second kappa shape index (κ2) is 8.38. The Morgan fingerprint density at radius 1 is 1.14 bits per heavy atom. The van der Waals surface area contributed by atoms with Gasteiger partial charge in [0.25, 0.3) is 0 Å². The zero-order valence-corrected chi connectivity index (χ0v) is 17.9. The lowest BCUT2D eigenvalue weighted by atomic mass is 10.1. The van der Waals surface area contributed by atoms with Crippen LogP contribution < -0.4 is 4.90 Å². The standard InChI is InChI=1S/C20H18N4OS3/c1-3-14-4-6-16(7-5-14)24(13(2)25)20-23-15(11-28-20)10-27-19-18-17(8-9-26-18)21-12-22-19/h4-9,11-12H,3,10H2,1-2H3. The Kier molecular flexibility index (Phi) is 5.70. The molecule has 0 aliphatic rings. The summed E-state index contributed by atoms with van der Waals surface area (Å²) in [6.45, 7) is 3.68. The SMILES string of the molecule is CCc1ccc(N(C(C)=O)c2nc(CSc3ncnc4ccsc34)cs2)cc1. The first-order chi connectivity index (χ1) is 13.7. The molecule has 0 bridgehead atoms. The number of hydrogen-bond acceptors (Lipinski definition) is 7. The lowest BCUT2D eigenvalue weighted by molar-refractivity contribution is -0.115. The van der Waals surface area contributed by atoms with Gasteiger partial charge in [0, 0.05) is 18.1 Å². The molecule has 0 spiro atoms. The van der Waals surface area contributed by atoms with Crippen LogP contribution in [0.25, 0.3) is 10.2 Å². The number of thioether (sulfide) groups is 1. The number of benzene rings is 1. The molecule has 4 rings (SSSR count). The van der Waals surface area contributed by atoms with Crippen molar-refractivity contribution in [3.8, 4) is 0 Å². The Balaban J connectivity index is 1.53. The molecule has 1 amide bonds. The molecule has 28 heavy (non-hydrogen) atoms. The molecule has 0 N–H and O–H groups in total. The molecule has 0 radical (unpaired) electrons. The first-order valence-electron chi connectivity index (χ1n) is 8.80. The minimum absolute atomic E-state index is 0.0473. The molecule has 0 saturated carbocycles. The van der Waals surface area contributed by atoms with Crippen molar-refractivity contribution in [2.24, 2.45) is 0 Å². The number of thiazole rings is 1. The smallest absolute Gasteiger partial charge is 0.230 e. The summed E-state index contributed by atoms with van der Waals surface area (Å²) in [5.41, 5.74) is 3.99. The van der Waals surface area contributed by atoms with Gasteiger partial charge in [-0.05, 0) is 35.6 Å². The highest BCUT2D eigenvalue weighted by Gasteiger charge is 2.18. The molecule has 142 valence electrons. The predicted octanol–water partition coefficient (Wildman–Crippen LogP) is 5.69. The van der Waals surface area contributed by atoms with E-state index >= 15 is 0 Å². The number of aryl methyl sites for hydroxylation is 1. The van der Waals surface area contributed by atoms with Gasteiger partial charge in [-0.3, -0.25) is 9.69 Å². The van der Waals surface area contributed by atoms with Gasteiger partial charge in [0.05, 0.1) is 21.6 Å². The summed E-state index contributed by atoms with van der Waals surface area (Å²) in [7, 11) is 0. The number of nitrogens with zero attached hydrogens (tertiary/aromatic N) is 4. The Morgan fingerprint density at radius 3 is 2.71 bits per heavy atom. The number of rotatable bonds is 6. The fourth-order valence-corrected chi connectivity index (χ4v) is 5.62. The van der Waals surface area contributed by atoms with E-state index in [4.69, 9.17) is 4.98 Å². The Labute approximate surface area is 175 Å². The highest BCUT2D eigenvalue weighted by atomic mass is 32.2. The maximum atomic E-state index is 12.3. The van der Waals surface area contributed by atoms with Gasteiger partial charge in [-0.15, -0.1) is 22.7 Å². The molecule has 1 aromatic carbocycles. The van der Waals surface area contributed by atoms with E-state index < -0.39 is 0 Å². The molecule has 0 atom stereocenters. The third-order valence-electron chi connectivity index (χ3n) is 4.22. The summed E-state index contributed by atoms with van der Waals surface area (Å²) in [5.74, 6) is 0.648. The summed E-state index contributed by atoms with van der Waals surface area (Å²) in [5, 5.41) is 5.69. The van der Waals surface area contributed by atoms with E-state index in [9.17, 15) is 4.79 Å². The second-order valence-corrected chi connectivity index (χ2v) is 8.82. The maximum absolute atomic E-state index is 12.3. The summed E-state index contributed by atoms with van der Waals surface area (Å²) >= 11 is 4.77. The van der Waals surface area contributed by atoms with Crippen LogP contribution in [0.15, 0.2) is 52.4 Å². The highest BCUT2D eigenvalue weighted by Crippen LogP contribution is 2.33. The summed E-state index contributed by atoms with van der Waals surface area (Å²) < 4.78 is 1.10. The van der Waals surface area contributed by atoms with E-state index in [2.05, 4.69) is 29.0 Å². The minimum atomic E-state index is -0.0473. The van der Waals surface area contributed by atoms with E-state index in [1.807, 2.05) is 29.0 Å². The number of hydrogen-bond donors (Lipinski definition) is 0. The highest BCUT2D eigenvalue weighted by molar-refractivity contribution is 7.98. The van der Waals surface area contributed by atoms with Crippen LogP contribution in [0.4, 0.5) is 10.8 Å². The Hall–Kier alpha value is -2.29. The van der Waals surface area contributed by atoms with E-state index in [0.717, 1.165) is 33.0 Å². The molecule has 0 saturated heterocycles. The van der Waals surface area contributed by atoms with Crippen molar-refractivity contribution in [2.75, 3.05) is 4.90 Å². The molecule has 0 aliphatic carbocycles. The lowest BCUT2D eigenvalue weighted by Gasteiger charge is -2.18. The van der Waals surface area contributed by atoms with Gasteiger partial charge in [-0.25, -0.2) is 15.0 Å². The van der Waals surface area contributed by atoms with Crippen molar-refractivity contribution in [3.05, 3.63) is 58.7 Å². The molecule has 0 unspecified atom stereocenters. The van der Waals surface area contributed by atoms with Crippen molar-refractivity contribution in [3.63, 3.8) is 0 Å². The fraction of sp³-hybridized carbons (Fsp3) is 0.200. The maximum Gasteiger partial charge on any atom is 0.230 e. The molecule has 5 nitrogen and oxygen atoms in total. The molecule has 3 heterocycles. The first-order valence-corrected chi connectivity index (χ1v) is 11.5. The van der Waals surface area contributed by atoms with E-state index in [1.54, 1.807) is 41.2 Å². The fourth-order valence-electron chi connectivity index (χ4n) is 2.78. The van der Waals surface area contributed by atoms with Crippen LogP contribution in [0.5, 0.6) is 0 Å². The van der Waals surface area contributed by atoms with Gasteiger partial charge in [0.1, 0.15) is 11.4 Å². The van der Waals surface area contributed by atoms with Gasteiger partial charge in [-0.1, -0.05) is 30.8 Å². The van der Waals surface area contributed by atoms with E-state index in [1.165, 1.54) is 16.9 Å². The lowest BCUT2D eigenvalue weighted by Crippen LogP contribution is -2.22. The monoisotopic (exact) mass is 426 g/mol. The van der Waals surface area contributed by atoms with E-state index in [-0.39, 0.29) is 5.91 Å². The number of thiophene rings is 1. The van der Waals surface area contributed by atoms with Crippen molar-refractivity contribution in [2.45, 2.75) is 31.0 Å². The average Bonchev–Trinajstić information content (AvgIpc) is 3.36. The number of amides is 1. The molecule has 4 aromatic rings. The number of aromatic nitrogens is 3. The van der Waals surface area contributed by atoms with Gasteiger partial charge < -0.3 is 0 Å². The topological polar surface area (TPSA) is 59.0 Å². The minimum Gasteiger partial charge on any atom is -0.274 e. The molecule has 3 aromatic heterocycles. The quantitative estimate of drug-likeness (QED) is 0.293. The van der Waals surface area contributed by atoms with Gasteiger partial charge >= 0.3 is 0 Å². The third kappa shape index (κ3) is 3.94. The van der Waals surface area contributed by atoms with Crippen molar-refractivity contribution >= 4 is 61.4 Å². The second-order valence-electron chi connectivity index (χ2n) is 6.10. The number of carbonyl (C=O) groups excluding carboxylic acids is 1. The third-order valence-corrected chi connectivity index (χ3v) is 7.15. The molecular formula is C20H18N4OS3. The summed E-state index contributed by atoms with van der Waals surface area (Å²) in [4.78, 5) is 27.3. The normalized spacial score (nSPS) is 11.1. The molecule has 8 heteroatoms. The number of fused-ring (bicyclic) bond motifs is 1. The zero-order chi connectivity index (χ0) is 19.5. The summed E-state index contributed by atoms with van der Waals surface area (Å²) in [6.07, 6.45) is 2.57. The van der Waals surface area contributed by atoms with Crippen LogP contribution in [-0.4, -0.2) is 20.9 Å². The van der Waals surface area contributed by atoms with Gasteiger partial charge in [-0.2, -0.15) is 0 Å². The molecular weight excluding hydrogens is 408 g/mol. The van der Waals surface area contributed by atoms with Crippen LogP contribution in [0.3, 0.4) is 0 Å². The number of anilines is 2. The molecule has 0 aliphatic heterocycles. The van der Waals surface area contributed by atoms with Crippen LogP contribution >= 0.6 is 34.4 Å². The summed E-state index contributed by atoms with van der Waals surface area (Å²) in [6, 6.07) is 10.1. The molecule has 0 fully saturated rings. The van der Waals surface area contributed by atoms with Crippen LogP contribution in [0.1, 0.15) is 25.1 Å². The van der Waals surface area contributed by atoms with Crippen molar-refractivity contribution < 1.29 is 4.79 Å². The first kappa shape index (κ1) is 19.0. The Bertz CT molecular complexity index is 1100. The van der Waals surface area contributed by atoms with E-state index in [0.29, 0.717) is 10.9 Å². The predicted molar refractivity (Wildman–Crippen MR) is 118 cm³/mol. The van der Waals surface area contributed by atoms with Crippen molar-refractivity contribution in [1.29, 1.82) is 0 Å². The van der Waals surface area contributed by atoms with Crippen LogP contribution in [0.2, 0.25) is 0 Å². The van der Waals surface area contributed by atoms with Crippen molar-refractivity contribution in [1.82, 2.24) is 15.0 Å². The average molecular weight is 427 g/mol.